The minimum atomic E-state index is -3.35. The SMILES string of the molecule is CCOCCn1c(=NC(=O)c2ccc(OC)c(OC)c2)sc2cc(S(C)(=O)=O)ccc21. The van der Waals surface area contributed by atoms with E-state index in [4.69, 9.17) is 14.2 Å². The third kappa shape index (κ3) is 5.15. The molecule has 0 aliphatic rings. The van der Waals surface area contributed by atoms with Crippen molar-refractivity contribution in [2.45, 2.75) is 18.4 Å². The number of fused-ring (bicyclic) bond motifs is 1. The quantitative estimate of drug-likeness (QED) is 0.476. The molecular formula is C21H24N2O6S2. The maximum absolute atomic E-state index is 12.9. The van der Waals surface area contributed by atoms with Gasteiger partial charge in [0.25, 0.3) is 5.91 Å². The van der Waals surface area contributed by atoms with Gasteiger partial charge in [0.2, 0.25) is 0 Å². The molecule has 1 amide bonds. The van der Waals surface area contributed by atoms with Gasteiger partial charge >= 0.3 is 0 Å². The summed E-state index contributed by atoms with van der Waals surface area (Å²) in [4.78, 5) is 17.9. The number of sulfone groups is 1. The van der Waals surface area contributed by atoms with Crippen molar-refractivity contribution in [1.29, 1.82) is 0 Å². The summed E-state index contributed by atoms with van der Waals surface area (Å²) < 4.78 is 42.4. The van der Waals surface area contributed by atoms with Gasteiger partial charge in [-0.2, -0.15) is 4.99 Å². The molecule has 0 saturated carbocycles. The molecule has 2 aromatic carbocycles. The molecule has 31 heavy (non-hydrogen) atoms. The van der Waals surface area contributed by atoms with Gasteiger partial charge in [-0.25, -0.2) is 8.42 Å². The van der Waals surface area contributed by atoms with Crippen LogP contribution < -0.4 is 14.3 Å². The molecule has 0 saturated heterocycles. The van der Waals surface area contributed by atoms with E-state index in [-0.39, 0.29) is 4.90 Å². The van der Waals surface area contributed by atoms with E-state index < -0.39 is 15.7 Å². The van der Waals surface area contributed by atoms with Crippen molar-refractivity contribution >= 4 is 37.3 Å². The monoisotopic (exact) mass is 464 g/mol. The molecule has 3 rings (SSSR count). The molecule has 0 N–H and O–H groups in total. The number of hydrogen-bond donors (Lipinski definition) is 0. The zero-order chi connectivity index (χ0) is 22.6. The normalized spacial score (nSPS) is 12.3. The van der Waals surface area contributed by atoms with Crippen molar-refractivity contribution in [2.75, 3.05) is 33.7 Å². The van der Waals surface area contributed by atoms with Crippen LogP contribution in [0.1, 0.15) is 17.3 Å². The van der Waals surface area contributed by atoms with E-state index in [9.17, 15) is 13.2 Å². The summed E-state index contributed by atoms with van der Waals surface area (Å²) in [7, 11) is -0.333. The van der Waals surface area contributed by atoms with Crippen molar-refractivity contribution in [3.63, 3.8) is 0 Å². The van der Waals surface area contributed by atoms with E-state index in [1.54, 1.807) is 36.4 Å². The molecule has 0 unspecified atom stereocenters. The molecule has 0 radical (unpaired) electrons. The Morgan fingerprint density at radius 1 is 1.10 bits per heavy atom. The molecule has 1 aromatic heterocycles. The highest BCUT2D eigenvalue weighted by atomic mass is 32.2. The van der Waals surface area contributed by atoms with Crippen molar-refractivity contribution in [3.05, 3.63) is 46.8 Å². The number of benzene rings is 2. The average molecular weight is 465 g/mol. The lowest BCUT2D eigenvalue weighted by Crippen LogP contribution is -2.19. The molecule has 10 heteroatoms. The standard InChI is InChI=1S/C21H24N2O6S2/c1-5-29-11-10-23-16-8-7-15(31(4,25)26)13-19(16)30-21(23)22-20(24)14-6-9-17(27-2)18(12-14)28-3/h6-9,12-13H,5,10-11H2,1-4H3. The molecule has 3 aromatic rings. The number of rotatable bonds is 8. The van der Waals surface area contributed by atoms with Gasteiger partial charge in [-0.05, 0) is 43.3 Å². The maximum Gasteiger partial charge on any atom is 0.279 e. The lowest BCUT2D eigenvalue weighted by molar-refractivity contribution is 0.0996. The fourth-order valence-corrected chi connectivity index (χ4v) is 4.82. The van der Waals surface area contributed by atoms with E-state index in [0.29, 0.717) is 41.6 Å². The Morgan fingerprint density at radius 2 is 1.84 bits per heavy atom. The second-order valence-corrected chi connectivity index (χ2v) is 9.65. The van der Waals surface area contributed by atoms with E-state index in [0.717, 1.165) is 16.5 Å². The number of hydrogen-bond acceptors (Lipinski definition) is 7. The number of nitrogens with zero attached hydrogens (tertiary/aromatic N) is 2. The third-order valence-electron chi connectivity index (χ3n) is 4.57. The zero-order valence-corrected chi connectivity index (χ0v) is 19.4. The molecule has 0 bridgehead atoms. The van der Waals surface area contributed by atoms with Gasteiger partial charge in [-0.3, -0.25) is 4.79 Å². The highest BCUT2D eigenvalue weighted by molar-refractivity contribution is 7.90. The summed E-state index contributed by atoms with van der Waals surface area (Å²) in [6.45, 7) is 3.39. The fourth-order valence-electron chi connectivity index (χ4n) is 3.01. The Kier molecular flexibility index (Phi) is 7.14. The molecule has 0 aliphatic heterocycles. The summed E-state index contributed by atoms with van der Waals surface area (Å²) in [5.41, 5.74) is 1.14. The molecule has 166 valence electrons. The predicted octanol–water partition coefficient (Wildman–Crippen LogP) is 2.90. The van der Waals surface area contributed by atoms with E-state index in [1.165, 1.54) is 25.6 Å². The van der Waals surface area contributed by atoms with Gasteiger partial charge in [0.05, 0.1) is 35.9 Å². The molecule has 1 heterocycles. The first-order valence-electron chi connectivity index (χ1n) is 9.50. The average Bonchev–Trinajstić information content (AvgIpc) is 3.09. The van der Waals surface area contributed by atoms with Crippen LogP contribution >= 0.6 is 11.3 Å². The minimum absolute atomic E-state index is 0.218. The van der Waals surface area contributed by atoms with E-state index in [1.807, 2.05) is 11.5 Å². The Balaban J connectivity index is 2.11. The first kappa shape index (κ1) is 23.0. The van der Waals surface area contributed by atoms with Gasteiger partial charge in [0.15, 0.2) is 26.1 Å². The number of amides is 1. The van der Waals surface area contributed by atoms with E-state index in [2.05, 4.69) is 4.99 Å². The summed E-state index contributed by atoms with van der Waals surface area (Å²) in [5, 5.41) is 0. The van der Waals surface area contributed by atoms with Gasteiger partial charge < -0.3 is 18.8 Å². The van der Waals surface area contributed by atoms with Gasteiger partial charge in [0, 0.05) is 25.0 Å². The first-order chi connectivity index (χ1) is 14.8. The maximum atomic E-state index is 12.9. The summed E-state index contributed by atoms with van der Waals surface area (Å²) >= 11 is 1.25. The number of ether oxygens (including phenoxy) is 3. The topological polar surface area (TPSA) is 96.2 Å². The Bertz CT molecular complexity index is 1270. The Morgan fingerprint density at radius 3 is 2.48 bits per heavy atom. The van der Waals surface area contributed by atoms with Crippen LogP contribution in [0, 0.1) is 0 Å². The fraction of sp³-hybridized carbons (Fsp3) is 0.333. The van der Waals surface area contributed by atoms with Crippen molar-refractivity contribution in [3.8, 4) is 11.5 Å². The van der Waals surface area contributed by atoms with Crippen LogP contribution in [0.2, 0.25) is 0 Å². The number of carbonyl (C=O) groups excluding carboxylic acids is 1. The predicted molar refractivity (Wildman–Crippen MR) is 119 cm³/mol. The summed E-state index contributed by atoms with van der Waals surface area (Å²) in [5.74, 6) is 0.504. The van der Waals surface area contributed by atoms with Crippen LogP contribution in [0.25, 0.3) is 10.2 Å². The molecule has 8 nitrogen and oxygen atoms in total. The first-order valence-corrected chi connectivity index (χ1v) is 12.2. The second kappa shape index (κ2) is 9.63. The van der Waals surface area contributed by atoms with Crippen LogP contribution in [-0.4, -0.2) is 52.6 Å². The largest absolute Gasteiger partial charge is 0.493 e. The smallest absolute Gasteiger partial charge is 0.279 e. The van der Waals surface area contributed by atoms with Gasteiger partial charge in [-0.1, -0.05) is 11.3 Å². The van der Waals surface area contributed by atoms with Gasteiger partial charge in [-0.15, -0.1) is 0 Å². The third-order valence-corrected chi connectivity index (χ3v) is 6.72. The molecular weight excluding hydrogens is 440 g/mol. The number of methoxy groups -OCH3 is 2. The lowest BCUT2D eigenvalue weighted by Gasteiger charge is -2.08. The van der Waals surface area contributed by atoms with Gasteiger partial charge in [0.1, 0.15) is 0 Å². The second-order valence-electron chi connectivity index (χ2n) is 6.62. The number of aromatic nitrogens is 1. The van der Waals surface area contributed by atoms with Crippen LogP contribution in [0.5, 0.6) is 11.5 Å². The Labute approximate surface area is 184 Å². The van der Waals surface area contributed by atoms with Crippen molar-refractivity contribution in [1.82, 2.24) is 4.57 Å². The van der Waals surface area contributed by atoms with Crippen LogP contribution in [0.4, 0.5) is 0 Å². The minimum Gasteiger partial charge on any atom is -0.493 e. The van der Waals surface area contributed by atoms with Crippen LogP contribution in [-0.2, 0) is 21.1 Å². The molecule has 0 aliphatic carbocycles. The highest BCUT2D eigenvalue weighted by Crippen LogP contribution is 2.28. The Hall–Kier alpha value is -2.69. The molecule has 0 fully saturated rings. The zero-order valence-electron chi connectivity index (χ0n) is 17.7. The van der Waals surface area contributed by atoms with Crippen molar-refractivity contribution < 1.29 is 27.4 Å². The van der Waals surface area contributed by atoms with E-state index >= 15 is 0 Å². The van der Waals surface area contributed by atoms with Crippen LogP contribution in [0.3, 0.4) is 0 Å². The molecule has 0 atom stereocenters. The summed E-state index contributed by atoms with van der Waals surface area (Å²) in [6.07, 6.45) is 1.16. The number of carbonyl (C=O) groups is 1. The lowest BCUT2D eigenvalue weighted by atomic mass is 10.2. The highest BCUT2D eigenvalue weighted by Gasteiger charge is 2.14. The summed E-state index contributed by atoms with van der Waals surface area (Å²) in [6, 6.07) is 9.73. The number of thiazole rings is 1. The van der Waals surface area contributed by atoms with Crippen molar-refractivity contribution in [2.24, 2.45) is 4.99 Å². The van der Waals surface area contributed by atoms with Crippen LogP contribution in [0.15, 0.2) is 46.3 Å². The molecule has 0 spiro atoms.